The van der Waals surface area contributed by atoms with E-state index in [0.29, 0.717) is 17.9 Å². The summed E-state index contributed by atoms with van der Waals surface area (Å²) in [5, 5.41) is 15.6. The molecular weight excluding hydrogens is 228 g/mol. The normalized spacial score (nSPS) is 12.0. The molecule has 2 rings (SSSR count). The summed E-state index contributed by atoms with van der Waals surface area (Å²) in [4.78, 5) is 3.95. The first-order chi connectivity index (χ1) is 8.79. The first kappa shape index (κ1) is 12.3. The summed E-state index contributed by atoms with van der Waals surface area (Å²) in [6, 6.07) is 9.90. The highest BCUT2D eigenvalue weighted by Gasteiger charge is 2.05. The highest BCUT2D eigenvalue weighted by molar-refractivity contribution is 5.32. The molecule has 0 saturated carbocycles. The van der Waals surface area contributed by atoms with Crippen LogP contribution in [0.15, 0.2) is 35.1 Å². The topological polar surface area (TPSA) is 74.7 Å². The quantitative estimate of drug-likeness (QED) is 0.865. The van der Waals surface area contributed by atoms with Crippen molar-refractivity contribution < 1.29 is 4.52 Å². The van der Waals surface area contributed by atoms with Gasteiger partial charge in [-0.1, -0.05) is 17.3 Å². The predicted octanol–water partition coefficient (Wildman–Crippen LogP) is 1.83. The van der Waals surface area contributed by atoms with Gasteiger partial charge in [-0.15, -0.1) is 0 Å². The van der Waals surface area contributed by atoms with E-state index in [0.717, 1.165) is 12.1 Å². The van der Waals surface area contributed by atoms with Crippen LogP contribution in [0.25, 0.3) is 0 Å². The zero-order valence-corrected chi connectivity index (χ0v) is 10.1. The summed E-state index contributed by atoms with van der Waals surface area (Å²) in [5.74, 6) is 0.634. The smallest absolute Gasteiger partial charge is 0.227 e. The Morgan fingerprint density at radius 1 is 1.39 bits per heavy atom. The van der Waals surface area contributed by atoms with Gasteiger partial charge < -0.3 is 9.84 Å². The molecular formula is C13H14N4O. The zero-order chi connectivity index (χ0) is 12.8. The summed E-state index contributed by atoms with van der Waals surface area (Å²) >= 11 is 0. The van der Waals surface area contributed by atoms with E-state index in [-0.39, 0.29) is 6.04 Å². The Bertz CT molecular complexity index is 513. The molecule has 92 valence electrons. The van der Waals surface area contributed by atoms with Crippen LogP contribution < -0.4 is 5.32 Å². The Morgan fingerprint density at radius 3 is 2.78 bits per heavy atom. The average Bonchev–Trinajstić information content (AvgIpc) is 2.92. The van der Waals surface area contributed by atoms with Gasteiger partial charge in [0.1, 0.15) is 0 Å². The van der Waals surface area contributed by atoms with Gasteiger partial charge >= 0.3 is 0 Å². The third-order valence-corrected chi connectivity index (χ3v) is 2.74. The van der Waals surface area contributed by atoms with Gasteiger partial charge in [0.25, 0.3) is 0 Å². The Morgan fingerprint density at radius 2 is 2.17 bits per heavy atom. The third kappa shape index (κ3) is 3.15. The number of aromatic nitrogens is 2. The van der Waals surface area contributed by atoms with E-state index in [1.54, 1.807) is 0 Å². The van der Waals surface area contributed by atoms with Gasteiger partial charge in [-0.25, -0.2) is 0 Å². The van der Waals surface area contributed by atoms with Gasteiger partial charge in [-0.2, -0.15) is 10.2 Å². The van der Waals surface area contributed by atoms with E-state index in [1.165, 1.54) is 6.33 Å². The molecule has 1 atom stereocenters. The fourth-order valence-corrected chi connectivity index (χ4v) is 1.67. The Kier molecular flexibility index (Phi) is 4.05. The largest absolute Gasteiger partial charge is 0.340 e. The van der Waals surface area contributed by atoms with E-state index in [9.17, 15) is 0 Å². The molecule has 0 spiro atoms. The average molecular weight is 242 g/mol. The molecule has 0 aliphatic rings. The Hall–Kier alpha value is -2.19. The molecule has 1 aromatic carbocycles. The molecule has 18 heavy (non-hydrogen) atoms. The molecule has 5 nitrogen and oxygen atoms in total. The Balaban J connectivity index is 1.83. The standard InChI is InChI=1S/C13H14N4O/c1-10(12-4-2-11(8-14)3-5-12)15-7-6-13-16-9-17-18-13/h2-5,9-10,15H,6-7H2,1H3. The van der Waals surface area contributed by atoms with Crippen LogP contribution >= 0.6 is 0 Å². The van der Waals surface area contributed by atoms with Crippen molar-refractivity contribution in [1.29, 1.82) is 5.26 Å². The number of hydrogen-bond acceptors (Lipinski definition) is 5. The molecule has 0 aliphatic carbocycles. The van der Waals surface area contributed by atoms with Gasteiger partial charge in [-0.05, 0) is 24.6 Å². The minimum atomic E-state index is 0.223. The van der Waals surface area contributed by atoms with E-state index in [2.05, 4.69) is 28.5 Å². The number of rotatable bonds is 5. The lowest BCUT2D eigenvalue weighted by molar-refractivity contribution is 0.372. The van der Waals surface area contributed by atoms with Crippen molar-refractivity contribution in [2.24, 2.45) is 0 Å². The van der Waals surface area contributed by atoms with Crippen LogP contribution in [0.5, 0.6) is 0 Å². The van der Waals surface area contributed by atoms with E-state index in [4.69, 9.17) is 9.78 Å². The summed E-state index contributed by atoms with van der Waals surface area (Å²) in [7, 11) is 0. The number of benzene rings is 1. The van der Waals surface area contributed by atoms with Crippen molar-refractivity contribution in [1.82, 2.24) is 15.5 Å². The lowest BCUT2D eigenvalue weighted by Gasteiger charge is -2.13. The van der Waals surface area contributed by atoms with E-state index >= 15 is 0 Å². The molecule has 1 heterocycles. The molecule has 0 radical (unpaired) electrons. The molecule has 0 bridgehead atoms. The maximum Gasteiger partial charge on any atom is 0.227 e. The van der Waals surface area contributed by atoms with Crippen molar-refractivity contribution in [2.45, 2.75) is 19.4 Å². The first-order valence-electron chi connectivity index (χ1n) is 5.78. The second kappa shape index (κ2) is 5.94. The maximum absolute atomic E-state index is 8.73. The Labute approximate surface area is 105 Å². The van der Waals surface area contributed by atoms with Crippen molar-refractivity contribution in [3.8, 4) is 6.07 Å². The fraction of sp³-hybridized carbons (Fsp3) is 0.308. The molecule has 1 aromatic heterocycles. The van der Waals surface area contributed by atoms with Crippen LogP contribution in [0.4, 0.5) is 0 Å². The monoisotopic (exact) mass is 242 g/mol. The predicted molar refractivity (Wildman–Crippen MR) is 65.6 cm³/mol. The van der Waals surface area contributed by atoms with Crippen LogP contribution in [0.3, 0.4) is 0 Å². The summed E-state index contributed by atoms with van der Waals surface area (Å²) in [6.07, 6.45) is 2.11. The zero-order valence-electron chi connectivity index (χ0n) is 10.1. The second-order valence-electron chi connectivity index (χ2n) is 3.99. The molecule has 0 fully saturated rings. The van der Waals surface area contributed by atoms with Gasteiger partial charge in [0.15, 0.2) is 6.33 Å². The number of nitrogens with one attached hydrogen (secondary N) is 1. The summed E-state index contributed by atoms with van der Waals surface area (Å²) in [5.41, 5.74) is 1.83. The number of nitrogens with zero attached hydrogens (tertiary/aromatic N) is 3. The van der Waals surface area contributed by atoms with Crippen LogP contribution in [-0.4, -0.2) is 16.7 Å². The minimum Gasteiger partial charge on any atom is -0.340 e. The molecule has 0 saturated heterocycles. The number of nitriles is 1. The molecule has 0 amide bonds. The van der Waals surface area contributed by atoms with Crippen LogP contribution in [-0.2, 0) is 6.42 Å². The first-order valence-corrected chi connectivity index (χ1v) is 5.78. The maximum atomic E-state index is 8.73. The number of hydrogen-bond donors (Lipinski definition) is 1. The molecule has 1 N–H and O–H groups in total. The lowest BCUT2D eigenvalue weighted by Crippen LogP contribution is -2.21. The molecule has 1 unspecified atom stereocenters. The van der Waals surface area contributed by atoms with E-state index < -0.39 is 0 Å². The minimum absolute atomic E-state index is 0.223. The highest BCUT2D eigenvalue weighted by atomic mass is 16.5. The van der Waals surface area contributed by atoms with Crippen molar-refractivity contribution >= 4 is 0 Å². The lowest BCUT2D eigenvalue weighted by atomic mass is 10.1. The van der Waals surface area contributed by atoms with Gasteiger partial charge in [0.05, 0.1) is 11.6 Å². The molecule has 5 heteroatoms. The second-order valence-corrected chi connectivity index (χ2v) is 3.99. The van der Waals surface area contributed by atoms with Crippen molar-refractivity contribution in [2.75, 3.05) is 6.54 Å². The van der Waals surface area contributed by atoms with Gasteiger partial charge in [0, 0.05) is 19.0 Å². The summed E-state index contributed by atoms with van der Waals surface area (Å²) < 4.78 is 4.91. The molecule has 2 aromatic rings. The van der Waals surface area contributed by atoms with Crippen molar-refractivity contribution in [3.05, 3.63) is 47.6 Å². The van der Waals surface area contributed by atoms with Crippen LogP contribution in [0.2, 0.25) is 0 Å². The summed E-state index contributed by atoms with van der Waals surface area (Å²) in [6.45, 7) is 2.85. The fourth-order valence-electron chi connectivity index (χ4n) is 1.67. The van der Waals surface area contributed by atoms with Crippen LogP contribution in [0.1, 0.15) is 30.0 Å². The van der Waals surface area contributed by atoms with Gasteiger partial charge in [-0.3, -0.25) is 0 Å². The third-order valence-electron chi connectivity index (χ3n) is 2.74. The van der Waals surface area contributed by atoms with Crippen LogP contribution in [0, 0.1) is 11.3 Å². The molecule has 0 aliphatic heterocycles. The van der Waals surface area contributed by atoms with E-state index in [1.807, 2.05) is 24.3 Å². The van der Waals surface area contributed by atoms with Crippen molar-refractivity contribution in [3.63, 3.8) is 0 Å². The van der Waals surface area contributed by atoms with Gasteiger partial charge in [0.2, 0.25) is 5.89 Å². The highest BCUT2D eigenvalue weighted by Crippen LogP contribution is 2.12. The SMILES string of the molecule is CC(NCCc1ncno1)c1ccc(C#N)cc1.